The molecule has 0 amide bonds. The van der Waals surface area contributed by atoms with Gasteiger partial charge >= 0.3 is 0 Å². The zero-order valence-corrected chi connectivity index (χ0v) is 10.2. The number of nitriles is 1. The summed E-state index contributed by atoms with van der Waals surface area (Å²) in [6.45, 7) is -0.176. The molecular weight excluding hydrogens is 250 g/mol. The highest BCUT2D eigenvalue weighted by molar-refractivity contribution is 6.30. The molecule has 0 aliphatic rings. The molecule has 0 heterocycles. The topological polar surface area (TPSA) is 53.2 Å². The molecule has 0 saturated heterocycles. The Morgan fingerprint density at radius 2 is 1.94 bits per heavy atom. The molecule has 0 spiro atoms. The first-order chi connectivity index (χ1) is 8.74. The van der Waals surface area contributed by atoms with Crippen LogP contribution in [-0.2, 0) is 6.61 Å². The van der Waals surface area contributed by atoms with Gasteiger partial charge in [0, 0.05) is 10.6 Å². The van der Waals surface area contributed by atoms with Gasteiger partial charge < -0.3 is 9.84 Å². The summed E-state index contributed by atoms with van der Waals surface area (Å²) < 4.78 is 5.64. The van der Waals surface area contributed by atoms with Gasteiger partial charge in [0.15, 0.2) is 0 Å². The zero-order chi connectivity index (χ0) is 13.0. The number of ether oxygens (including phenoxy) is 1. The molecule has 0 unspecified atom stereocenters. The number of hydrogen-bond acceptors (Lipinski definition) is 3. The second-order valence-corrected chi connectivity index (χ2v) is 4.06. The summed E-state index contributed by atoms with van der Waals surface area (Å²) in [6, 6.07) is 13.9. The maximum Gasteiger partial charge on any atom is 0.145 e. The Morgan fingerprint density at radius 1 is 1.17 bits per heavy atom. The van der Waals surface area contributed by atoms with E-state index >= 15 is 0 Å². The molecule has 0 fully saturated rings. The van der Waals surface area contributed by atoms with E-state index in [-0.39, 0.29) is 6.61 Å². The molecule has 2 aromatic rings. The third-order valence-electron chi connectivity index (χ3n) is 2.42. The van der Waals surface area contributed by atoms with Gasteiger partial charge in [-0.1, -0.05) is 23.7 Å². The monoisotopic (exact) mass is 259 g/mol. The molecule has 0 saturated carbocycles. The van der Waals surface area contributed by atoms with E-state index in [0.29, 0.717) is 27.6 Å². The molecule has 0 radical (unpaired) electrons. The van der Waals surface area contributed by atoms with Crippen LogP contribution in [0.15, 0.2) is 42.5 Å². The van der Waals surface area contributed by atoms with Crippen molar-refractivity contribution in [3.05, 3.63) is 58.6 Å². The Kier molecular flexibility index (Phi) is 3.83. The van der Waals surface area contributed by atoms with Crippen molar-refractivity contribution in [2.24, 2.45) is 0 Å². The summed E-state index contributed by atoms with van der Waals surface area (Å²) in [4.78, 5) is 0. The lowest BCUT2D eigenvalue weighted by Crippen LogP contribution is -1.93. The molecule has 1 N–H and O–H groups in total. The van der Waals surface area contributed by atoms with Gasteiger partial charge in [0.05, 0.1) is 12.2 Å². The Hall–Kier alpha value is -2.02. The van der Waals surface area contributed by atoms with E-state index in [9.17, 15) is 5.11 Å². The minimum atomic E-state index is -0.176. The van der Waals surface area contributed by atoms with Crippen molar-refractivity contribution in [3.63, 3.8) is 0 Å². The molecule has 0 aromatic heterocycles. The fraction of sp³-hybridized carbons (Fsp3) is 0.0714. The number of aliphatic hydroxyl groups excluding tert-OH is 1. The maximum absolute atomic E-state index is 9.24. The van der Waals surface area contributed by atoms with Gasteiger partial charge in [-0.05, 0) is 30.3 Å². The number of halogens is 1. The predicted octanol–water partition coefficient (Wildman–Crippen LogP) is 3.50. The molecule has 90 valence electrons. The van der Waals surface area contributed by atoms with E-state index in [2.05, 4.69) is 6.07 Å². The lowest BCUT2D eigenvalue weighted by Gasteiger charge is -2.10. The summed E-state index contributed by atoms with van der Waals surface area (Å²) >= 11 is 5.84. The molecule has 3 nitrogen and oxygen atoms in total. The maximum atomic E-state index is 9.24. The Bertz CT molecular complexity index is 605. The summed E-state index contributed by atoms with van der Waals surface area (Å²) in [6.07, 6.45) is 0. The van der Waals surface area contributed by atoms with Crippen LogP contribution in [0, 0.1) is 11.3 Å². The van der Waals surface area contributed by atoms with E-state index in [1.165, 1.54) is 0 Å². The highest BCUT2D eigenvalue weighted by Gasteiger charge is 2.08. The largest absolute Gasteiger partial charge is 0.456 e. The van der Waals surface area contributed by atoms with E-state index in [1.807, 2.05) is 0 Å². The number of hydrogen-bond donors (Lipinski definition) is 1. The standard InChI is InChI=1S/C14H10ClNO2/c15-12-5-6-14(11(7-12)9-17)18-13-4-2-1-3-10(13)8-16/h1-7,17H,9H2. The summed E-state index contributed by atoms with van der Waals surface area (Å²) in [5, 5.41) is 18.7. The third kappa shape index (κ3) is 2.62. The van der Waals surface area contributed by atoms with Crippen molar-refractivity contribution < 1.29 is 9.84 Å². The summed E-state index contributed by atoms with van der Waals surface area (Å²) in [5.41, 5.74) is 1.02. The molecule has 0 aliphatic heterocycles. The van der Waals surface area contributed by atoms with Gasteiger partial charge in [-0.2, -0.15) is 5.26 Å². The average Bonchev–Trinajstić information content (AvgIpc) is 2.41. The number of nitrogens with zero attached hydrogens (tertiary/aromatic N) is 1. The molecular formula is C14H10ClNO2. The molecule has 0 aliphatic carbocycles. The minimum absolute atomic E-state index is 0.176. The van der Waals surface area contributed by atoms with Gasteiger partial charge in [-0.25, -0.2) is 0 Å². The zero-order valence-electron chi connectivity index (χ0n) is 9.43. The van der Waals surface area contributed by atoms with Gasteiger partial charge in [0.25, 0.3) is 0 Å². The van der Waals surface area contributed by atoms with Gasteiger partial charge in [0.1, 0.15) is 17.6 Å². The van der Waals surface area contributed by atoms with E-state index in [0.717, 1.165) is 0 Å². The number of aliphatic hydroxyl groups is 1. The average molecular weight is 260 g/mol. The fourth-order valence-corrected chi connectivity index (χ4v) is 1.73. The Balaban J connectivity index is 2.37. The molecule has 2 aromatic carbocycles. The SMILES string of the molecule is N#Cc1ccccc1Oc1ccc(Cl)cc1CO. The van der Waals surface area contributed by atoms with Gasteiger partial charge in [-0.15, -0.1) is 0 Å². The van der Waals surface area contributed by atoms with Crippen LogP contribution in [0.5, 0.6) is 11.5 Å². The first-order valence-electron chi connectivity index (χ1n) is 5.31. The first kappa shape index (κ1) is 12.4. The lowest BCUT2D eigenvalue weighted by atomic mass is 10.2. The van der Waals surface area contributed by atoms with E-state index in [1.54, 1.807) is 42.5 Å². The van der Waals surface area contributed by atoms with Crippen molar-refractivity contribution >= 4 is 11.6 Å². The van der Waals surface area contributed by atoms with Crippen LogP contribution < -0.4 is 4.74 Å². The summed E-state index contributed by atoms with van der Waals surface area (Å²) in [5.74, 6) is 0.946. The summed E-state index contributed by atoms with van der Waals surface area (Å²) in [7, 11) is 0. The van der Waals surface area contributed by atoms with Crippen molar-refractivity contribution in [1.29, 1.82) is 5.26 Å². The quantitative estimate of drug-likeness (QED) is 0.918. The fourth-order valence-electron chi connectivity index (χ4n) is 1.54. The highest BCUT2D eigenvalue weighted by Crippen LogP contribution is 2.29. The van der Waals surface area contributed by atoms with E-state index in [4.69, 9.17) is 21.6 Å². The Morgan fingerprint density at radius 3 is 2.67 bits per heavy atom. The molecule has 0 atom stereocenters. The third-order valence-corrected chi connectivity index (χ3v) is 2.66. The molecule has 2 rings (SSSR count). The van der Waals surface area contributed by atoms with E-state index < -0.39 is 0 Å². The molecule has 18 heavy (non-hydrogen) atoms. The van der Waals surface area contributed by atoms with Crippen molar-refractivity contribution in [3.8, 4) is 17.6 Å². The number of benzene rings is 2. The van der Waals surface area contributed by atoms with Crippen LogP contribution in [0.3, 0.4) is 0 Å². The van der Waals surface area contributed by atoms with Crippen LogP contribution >= 0.6 is 11.6 Å². The second kappa shape index (κ2) is 5.54. The van der Waals surface area contributed by atoms with Gasteiger partial charge in [0.2, 0.25) is 0 Å². The van der Waals surface area contributed by atoms with Crippen LogP contribution in [-0.4, -0.2) is 5.11 Å². The normalized spacial score (nSPS) is 9.83. The Labute approximate surface area is 110 Å². The van der Waals surface area contributed by atoms with Crippen molar-refractivity contribution in [2.45, 2.75) is 6.61 Å². The predicted molar refractivity (Wildman–Crippen MR) is 68.6 cm³/mol. The molecule has 4 heteroatoms. The van der Waals surface area contributed by atoms with Crippen molar-refractivity contribution in [1.82, 2.24) is 0 Å². The lowest BCUT2D eigenvalue weighted by molar-refractivity contribution is 0.276. The first-order valence-corrected chi connectivity index (χ1v) is 5.68. The number of rotatable bonds is 3. The number of para-hydroxylation sites is 1. The van der Waals surface area contributed by atoms with Crippen LogP contribution in [0.2, 0.25) is 5.02 Å². The minimum Gasteiger partial charge on any atom is -0.456 e. The van der Waals surface area contributed by atoms with Crippen LogP contribution in [0.4, 0.5) is 0 Å². The highest BCUT2D eigenvalue weighted by atomic mass is 35.5. The van der Waals surface area contributed by atoms with Crippen molar-refractivity contribution in [2.75, 3.05) is 0 Å². The smallest absolute Gasteiger partial charge is 0.145 e. The van der Waals surface area contributed by atoms with Crippen LogP contribution in [0.1, 0.15) is 11.1 Å². The van der Waals surface area contributed by atoms with Gasteiger partial charge in [-0.3, -0.25) is 0 Å². The van der Waals surface area contributed by atoms with Crippen LogP contribution in [0.25, 0.3) is 0 Å². The second-order valence-electron chi connectivity index (χ2n) is 3.62. The molecule has 0 bridgehead atoms.